The minimum absolute atomic E-state index is 0.694. The lowest BCUT2D eigenvalue weighted by Gasteiger charge is -2.30. The maximum absolute atomic E-state index is 11.2. The topological polar surface area (TPSA) is 20.2 Å². The van der Waals surface area contributed by atoms with Crippen molar-refractivity contribution >= 4 is 0 Å². The van der Waals surface area contributed by atoms with Crippen LogP contribution in [0.2, 0.25) is 0 Å². The van der Waals surface area contributed by atoms with E-state index in [-0.39, 0.29) is 0 Å². The molecular weight excluding hydrogens is 256 g/mol. The van der Waals surface area contributed by atoms with Gasteiger partial charge in [0.25, 0.3) is 0 Å². The molecule has 1 aliphatic rings. The van der Waals surface area contributed by atoms with Crippen molar-refractivity contribution in [2.45, 2.75) is 51.6 Å². The van der Waals surface area contributed by atoms with Crippen LogP contribution in [-0.2, 0) is 5.60 Å². The summed E-state index contributed by atoms with van der Waals surface area (Å²) in [4.78, 5) is 0. The predicted octanol–water partition coefficient (Wildman–Crippen LogP) is 4.83. The van der Waals surface area contributed by atoms with Gasteiger partial charge >= 0.3 is 0 Å². The second kappa shape index (κ2) is 5.31. The van der Waals surface area contributed by atoms with Gasteiger partial charge in [-0.1, -0.05) is 54.4 Å². The molecule has 2 aromatic carbocycles. The molecule has 1 saturated carbocycles. The molecule has 3 rings (SSSR count). The van der Waals surface area contributed by atoms with Gasteiger partial charge in [0.05, 0.1) is 0 Å². The largest absolute Gasteiger partial charge is 0.381 e. The standard InChI is InChI=1S/C20H24O/c1-14-10-11-15(2)19(12-14)20(3,21)18-9-5-8-17(13-18)16-6-4-7-16/h5,8-13,16,21H,4,6-7H2,1-3H3. The number of hydrogen-bond acceptors (Lipinski definition) is 1. The smallest absolute Gasteiger partial charge is 0.112 e. The maximum atomic E-state index is 11.2. The van der Waals surface area contributed by atoms with E-state index < -0.39 is 5.60 Å². The molecule has 0 spiro atoms. The summed E-state index contributed by atoms with van der Waals surface area (Å²) in [5.74, 6) is 0.694. The van der Waals surface area contributed by atoms with E-state index in [2.05, 4.69) is 50.2 Å². The van der Waals surface area contributed by atoms with Gasteiger partial charge in [0, 0.05) is 0 Å². The van der Waals surface area contributed by atoms with E-state index in [9.17, 15) is 5.11 Å². The van der Waals surface area contributed by atoms with E-state index in [0.29, 0.717) is 5.92 Å². The summed E-state index contributed by atoms with van der Waals surface area (Å²) >= 11 is 0. The average molecular weight is 280 g/mol. The second-order valence-corrected chi connectivity index (χ2v) is 6.64. The van der Waals surface area contributed by atoms with Gasteiger partial charge in [-0.15, -0.1) is 0 Å². The molecule has 0 amide bonds. The molecule has 0 radical (unpaired) electrons. The van der Waals surface area contributed by atoms with Crippen LogP contribution >= 0.6 is 0 Å². The summed E-state index contributed by atoms with van der Waals surface area (Å²) in [6, 6.07) is 14.8. The highest BCUT2D eigenvalue weighted by Crippen LogP contribution is 2.39. The van der Waals surface area contributed by atoms with Gasteiger partial charge in [-0.05, 0) is 61.8 Å². The Hall–Kier alpha value is -1.60. The Bertz CT molecular complexity index is 651. The number of aryl methyl sites for hydroxylation is 2. The van der Waals surface area contributed by atoms with E-state index in [1.54, 1.807) is 0 Å². The van der Waals surface area contributed by atoms with Crippen molar-refractivity contribution in [1.29, 1.82) is 0 Å². The predicted molar refractivity (Wildman–Crippen MR) is 87.6 cm³/mol. The molecule has 1 fully saturated rings. The van der Waals surface area contributed by atoms with Crippen molar-refractivity contribution in [3.63, 3.8) is 0 Å². The van der Waals surface area contributed by atoms with Crippen molar-refractivity contribution in [2.24, 2.45) is 0 Å². The monoisotopic (exact) mass is 280 g/mol. The fourth-order valence-corrected chi connectivity index (χ4v) is 3.25. The molecule has 1 unspecified atom stereocenters. The molecule has 0 saturated heterocycles. The zero-order valence-corrected chi connectivity index (χ0v) is 13.2. The summed E-state index contributed by atoms with van der Waals surface area (Å²) in [5.41, 5.74) is 4.78. The Balaban J connectivity index is 2.02. The summed E-state index contributed by atoms with van der Waals surface area (Å²) in [6.07, 6.45) is 3.91. The lowest BCUT2D eigenvalue weighted by Crippen LogP contribution is -2.24. The molecule has 2 aromatic rings. The fourth-order valence-electron chi connectivity index (χ4n) is 3.25. The van der Waals surface area contributed by atoms with Gasteiger partial charge in [0.1, 0.15) is 5.60 Å². The van der Waals surface area contributed by atoms with Crippen molar-refractivity contribution in [1.82, 2.24) is 0 Å². The van der Waals surface area contributed by atoms with Crippen LogP contribution in [0.5, 0.6) is 0 Å². The first kappa shape index (κ1) is 14.3. The van der Waals surface area contributed by atoms with E-state index in [0.717, 1.165) is 16.7 Å². The quantitative estimate of drug-likeness (QED) is 0.854. The lowest BCUT2D eigenvalue weighted by molar-refractivity contribution is 0.101. The van der Waals surface area contributed by atoms with Gasteiger partial charge in [0.15, 0.2) is 0 Å². The van der Waals surface area contributed by atoms with E-state index >= 15 is 0 Å². The number of hydrogen-bond donors (Lipinski definition) is 1. The first-order chi connectivity index (χ1) is 9.98. The molecular formula is C20H24O. The minimum Gasteiger partial charge on any atom is -0.381 e. The third-order valence-corrected chi connectivity index (χ3v) is 4.94. The molecule has 1 N–H and O–H groups in total. The molecule has 0 bridgehead atoms. The number of aliphatic hydroxyl groups is 1. The van der Waals surface area contributed by atoms with Gasteiger partial charge in [-0.25, -0.2) is 0 Å². The fraction of sp³-hybridized carbons (Fsp3) is 0.400. The van der Waals surface area contributed by atoms with Crippen LogP contribution in [0.3, 0.4) is 0 Å². The van der Waals surface area contributed by atoms with Gasteiger partial charge < -0.3 is 5.11 Å². The molecule has 0 aromatic heterocycles. The molecule has 110 valence electrons. The molecule has 0 heterocycles. The lowest BCUT2D eigenvalue weighted by atomic mass is 9.77. The van der Waals surface area contributed by atoms with Crippen LogP contribution in [0.4, 0.5) is 0 Å². The van der Waals surface area contributed by atoms with E-state index in [1.807, 2.05) is 13.0 Å². The molecule has 1 heteroatoms. The Morgan fingerprint density at radius 2 is 1.81 bits per heavy atom. The number of rotatable bonds is 3. The van der Waals surface area contributed by atoms with Crippen LogP contribution < -0.4 is 0 Å². The summed E-state index contributed by atoms with van der Waals surface area (Å²) in [7, 11) is 0. The summed E-state index contributed by atoms with van der Waals surface area (Å²) < 4.78 is 0. The summed E-state index contributed by atoms with van der Waals surface area (Å²) in [6.45, 7) is 6.05. The Morgan fingerprint density at radius 3 is 2.48 bits per heavy atom. The minimum atomic E-state index is -0.935. The highest BCUT2D eigenvalue weighted by atomic mass is 16.3. The summed E-state index contributed by atoms with van der Waals surface area (Å²) in [5, 5.41) is 11.2. The van der Waals surface area contributed by atoms with E-state index in [1.165, 1.54) is 30.4 Å². The van der Waals surface area contributed by atoms with E-state index in [4.69, 9.17) is 0 Å². The van der Waals surface area contributed by atoms with Crippen molar-refractivity contribution in [2.75, 3.05) is 0 Å². The van der Waals surface area contributed by atoms with Crippen molar-refractivity contribution in [3.05, 3.63) is 70.3 Å². The first-order valence-corrected chi connectivity index (χ1v) is 7.89. The van der Waals surface area contributed by atoms with Gasteiger partial charge in [-0.2, -0.15) is 0 Å². The molecule has 1 atom stereocenters. The molecule has 0 aliphatic heterocycles. The number of benzene rings is 2. The molecule has 21 heavy (non-hydrogen) atoms. The SMILES string of the molecule is Cc1ccc(C)c(C(C)(O)c2cccc(C3CCC3)c2)c1. The average Bonchev–Trinajstić information content (AvgIpc) is 2.40. The van der Waals surface area contributed by atoms with Crippen LogP contribution in [0.25, 0.3) is 0 Å². The Kier molecular flexibility index (Phi) is 3.62. The van der Waals surface area contributed by atoms with Crippen LogP contribution in [-0.4, -0.2) is 5.11 Å². The third kappa shape index (κ3) is 2.63. The first-order valence-electron chi connectivity index (χ1n) is 7.89. The van der Waals surface area contributed by atoms with Crippen LogP contribution in [0.1, 0.15) is 59.9 Å². The maximum Gasteiger partial charge on any atom is 0.112 e. The highest BCUT2D eigenvalue weighted by Gasteiger charge is 2.29. The normalized spacial score (nSPS) is 18.1. The highest BCUT2D eigenvalue weighted by molar-refractivity contribution is 5.43. The third-order valence-electron chi connectivity index (χ3n) is 4.94. The second-order valence-electron chi connectivity index (χ2n) is 6.64. The van der Waals surface area contributed by atoms with Crippen molar-refractivity contribution in [3.8, 4) is 0 Å². The van der Waals surface area contributed by atoms with Gasteiger partial charge in [-0.3, -0.25) is 0 Å². The van der Waals surface area contributed by atoms with Crippen LogP contribution in [0.15, 0.2) is 42.5 Å². The Morgan fingerprint density at radius 1 is 1.05 bits per heavy atom. The van der Waals surface area contributed by atoms with Gasteiger partial charge in [0.2, 0.25) is 0 Å². The molecule has 1 nitrogen and oxygen atoms in total. The molecule has 1 aliphatic carbocycles. The zero-order chi connectivity index (χ0) is 15.0. The van der Waals surface area contributed by atoms with Crippen LogP contribution in [0, 0.1) is 13.8 Å². The Labute approximate surface area is 127 Å². The zero-order valence-electron chi connectivity index (χ0n) is 13.2. The van der Waals surface area contributed by atoms with Crippen molar-refractivity contribution < 1.29 is 5.11 Å².